The molecule has 0 saturated carbocycles. The van der Waals surface area contributed by atoms with Crippen molar-refractivity contribution in [2.45, 2.75) is 58.0 Å². The molecule has 2 aromatic rings. The predicted octanol–water partition coefficient (Wildman–Crippen LogP) is -7.03. The van der Waals surface area contributed by atoms with Crippen LogP contribution in [0.25, 0.3) is 0 Å². The molecule has 46 heteroatoms. The number of esters is 6. The number of rotatable bonds is 39. The molecule has 0 spiro atoms. The molecule has 0 fully saturated rings. The van der Waals surface area contributed by atoms with Crippen molar-refractivity contribution < 1.29 is 137 Å². The van der Waals surface area contributed by atoms with Gasteiger partial charge in [-0.3, -0.25) is 86.3 Å². The zero-order valence-electron chi connectivity index (χ0n) is 64.6. The molecule has 0 aliphatic carbocycles. The van der Waals surface area contributed by atoms with Crippen molar-refractivity contribution >= 4 is 134 Å². The Kier molecular flexibility index (Phi) is 79.7. The summed E-state index contributed by atoms with van der Waals surface area (Å²) in [6.45, 7) is 3.75. The summed E-state index contributed by atoms with van der Waals surface area (Å²) in [6.07, 6.45) is 0.171. The molecule has 4 radical (unpaired) electrons. The number of ether oxygens (including phenoxy) is 6. The van der Waals surface area contributed by atoms with Crippen molar-refractivity contribution in [3.05, 3.63) is 72.8 Å². The van der Waals surface area contributed by atoms with E-state index in [2.05, 4.69) is 132 Å². The summed E-state index contributed by atoms with van der Waals surface area (Å²) in [5.41, 5.74) is 8.37. The first-order chi connectivity index (χ1) is 52.9. The summed E-state index contributed by atoms with van der Waals surface area (Å²) >= 11 is 0. The van der Waals surface area contributed by atoms with Gasteiger partial charge < -0.3 is 124 Å². The fraction of sp³-hybridized carbons (Fsp3) is 0.500. The second-order valence-corrected chi connectivity index (χ2v) is 19.7. The maximum Gasteiger partial charge on any atom is 0.325 e. The molecule has 0 unspecified atom stereocenters. The summed E-state index contributed by atoms with van der Waals surface area (Å²) in [7, 11) is 23.2. The number of carboxylic acids is 1. The minimum atomic E-state index is -1.22. The van der Waals surface area contributed by atoms with Crippen molar-refractivity contribution in [3.8, 4) is 0 Å². The van der Waals surface area contributed by atoms with Crippen LogP contribution in [-0.2, 0) is 128 Å². The number of benzene rings is 2. The molecule has 0 bridgehead atoms. The Morgan fingerprint density at radius 3 is 0.891 bits per heavy atom. The minimum absolute atomic E-state index is 0. The third-order valence-electron chi connectivity index (χ3n) is 11.7. The Morgan fingerprint density at radius 1 is 0.391 bits per heavy atom. The highest BCUT2D eigenvalue weighted by Gasteiger charge is 2.19. The Hall–Kier alpha value is -11.6. The minimum Gasteiger partial charge on any atom is -0.480 e. The monoisotopic (exact) mass is 1580 g/mol. The molecule has 110 heavy (non-hydrogen) atoms. The Labute approximate surface area is 641 Å². The topological polar surface area (TPSA) is 610 Å². The lowest BCUT2D eigenvalue weighted by Crippen LogP contribution is -2.43. The average molecular weight is 1580 g/mol. The molecular formula is C64H108B2F2N16O26. The third kappa shape index (κ3) is 72.0. The van der Waals surface area contributed by atoms with Gasteiger partial charge in [0.15, 0.2) is 0 Å². The van der Waals surface area contributed by atoms with Crippen molar-refractivity contribution in [3.63, 3.8) is 0 Å². The first-order valence-electron chi connectivity index (χ1n) is 32.5. The first kappa shape index (κ1) is 112. The quantitative estimate of drug-likeness (QED) is 0.0128. The number of halogens is 2. The fourth-order valence-electron chi connectivity index (χ4n) is 6.47. The van der Waals surface area contributed by atoms with Crippen molar-refractivity contribution in [2.75, 3.05) is 167 Å². The van der Waals surface area contributed by atoms with Crippen LogP contribution in [0.15, 0.2) is 61.7 Å². The first-order valence-corrected chi connectivity index (χ1v) is 31.5. The van der Waals surface area contributed by atoms with E-state index in [1.165, 1.54) is 42.7 Å². The van der Waals surface area contributed by atoms with Gasteiger partial charge >= 0.3 is 41.8 Å². The molecule has 19 N–H and O–H groups in total. The van der Waals surface area contributed by atoms with Gasteiger partial charge in [-0.15, -0.1) is 13.2 Å². The number of hydrogen-bond donors (Lipinski definition) is 18. The molecule has 620 valence electrons. The number of carbonyl (C=O) groups excluding carboxylic acids is 17. The van der Waals surface area contributed by atoms with Gasteiger partial charge in [-0.2, -0.15) is 0 Å². The molecule has 2 aromatic carbocycles. The van der Waals surface area contributed by atoms with Crippen LogP contribution in [0.1, 0.15) is 47.2 Å². The standard InChI is InChI=1S/C22H31N5O8.C20H27N5O8.C8H15N3O4.C6H12N2O3.C4H9NO2.C2H4.CH4O.CH4.B2.F2.H2/c1-23-16(22(33)35-3)10-14-4-6-15(7-5-14)27-18(29)9-8-17(28)24-11-19(30)25-12-20(31)26-13-21(32)34-2;1-33-20(32)14(21)8-12-2-4-13(5-3-12)25-16(27)7-6-15(26)22-9-17(28)23-10-18(29)24-11-19(30)31;1-9-3-6(12)10-4-7(13)11-5-8(14)15-2;1-7-3-5(9)8-4-6(10)11-2;1-5-3-4(6)7-2;2*1-2;;2*1-2;/h4-7,16,23H,8-13H2,1-3H3,(H,24,28)(H,25,30)(H,26,31)(H,27,29);2-5,14H,6-11,21H2,1H3,(H,22,26)(H,23,28)(H,24,29)(H,25,27)(H,30,31);9H,3-5H2,1-2H3,(H,10,12)(H,11,13);7H,3-4H2,1-2H3,(H,8,9);5H,3H2,1-2H3;1-2H2;2H,1H3;1H4;;;1H/t16-;14-;;;;;;;;;/m00........./s1/i;;;;;;;;;;1+1D. The van der Waals surface area contributed by atoms with Crippen LogP contribution in [0.5, 0.6) is 0 Å². The predicted molar refractivity (Wildman–Crippen MR) is 397 cm³/mol. The van der Waals surface area contributed by atoms with Crippen molar-refractivity contribution in [1.29, 1.82) is 0 Å². The summed E-state index contributed by atoms with van der Waals surface area (Å²) in [4.78, 5) is 202. The molecule has 0 aromatic heterocycles. The zero-order valence-corrected chi connectivity index (χ0v) is 62.6. The number of aliphatic carboxylic acids is 1. The molecule has 0 saturated heterocycles. The smallest absolute Gasteiger partial charge is 0.325 e. The normalized spacial score (nSPS) is 9.70. The molecule has 2 rings (SSSR count). The zero-order chi connectivity index (χ0) is 87.1. The van der Waals surface area contributed by atoms with Crippen LogP contribution >= 0.6 is 0 Å². The molecule has 2 atom stereocenters. The number of carbonyl (C=O) groups is 18. The van der Waals surface area contributed by atoms with E-state index in [0.29, 0.717) is 17.8 Å². The molecular weight excluding hydrogens is 1470 g/mol. The van der Waals surface area contributed by atoms with Crippen molar-refractivity contribution in [1.82, 2.24) is 69.1 Å². The Balaban J connectivity index is -0.000000179. The SMILES string of the molecule is C.C=C.CNCC(=O)NCC(=O)NCC(=O)OC.CNCC(=O)NCC(=O)OC.CNCC(=O)OC.CN[C@@H](Cc1ccc(NC(=O)CCC(=O)NCC(=O)NCC(=O)NCC(=O)OC)cc1)C(=O)OC.CO.COC(=O)[C@@H](N)Cc1ccc(NC(=O)CCC(=O)NCC(=O)NCC(=O)NCC(=O)O)cc1.FF.[2H][2H].[B][B]. The highest BCUT2D eigenvalue weighted by molar-refractivity contribution is 6.75. The van der Waals surface area contributed by atoms with Gasteiger partial charge in [-0.1, -0.05) is 31.7 Å². The number of hydrogen-bond acceptors (Lipinski definition) is 30. The highest BCUT2D eigenvalue weighted by atomic mass is 20.0. The van der Waals surface area contributed by atoms with E-state index < -0.39 is 109 Å². The summed E-state index contributed by atoms with van der Waals surface area (Å²) in [5, 5.41) is 52.0. The number of methoxy groups -OCH3 is 6. The fourth-order valence-corrected chi connectivity index (χ4v) is 6.47. The van der Waals surface area contributed by atoms with Crippen LogP contribution in [0.3, 0.4) is 0 Å². The number of aliphatic hydroxyl groups is 1. The summed E-state index contributed by atoms with van der Waals surface area (Å²) < 4.78 is 52.6. The van der Waals surface area contributed by atoms with E-state index in [4.69, 9.17) is 32.8 Å². The maximum absolute atomic E-state index is 12.1. The lowest BCUT2D eigenvalue weighted by molar-refractivity contribution is -0.143. The van der Waals surface area contributed by atoms with Crippen LogP contribution in [0, 0.1) is 0 Å². The van der Waals surface area contributed by atoms with E-state index >= 15 is 0 Å². The Morgan fingerprint density at radius 2 is 0.636 bits per heavy atom. The van der Waals surface area contributed by atoms with E-state index in [-0.39, 0.29) is 128 Å². The maximum atomic E-state index is 12.1. The molecule has 0 aliphatic rings. The van der Waals surface area contributed by atoms with Crippen LogP contribution in [-0.4, -0.2) is 301 Å². The van der Waals surface area contributed by atoms with E-state index in [1.54, 1.807) is 76.7 Å². The van der Waals surface area contributed by atoms with Gasteiger partial charge in [-0.05, 0) is 76.4 Å². The number of aliphatic hydroxyl groups excluding tert-OH is 1. The van der Waals surface area contributed by atoms with E-state index in [9.17, 15) is 86.3 Å². The van der Waals surface area contributed by atoms with E-state index in [0.717, 1.165) is 18.2 Å². The van der Waals surface area contributed by atoms with Gasteiger partial charge in [-0.25, -0.2) is 0 Å². The molecule has 11 amide bonds. The van der Waals surface area contributed by atoms with Gasteiger partial charge in [0, 0.05) is 71.8 Å². The number of amides is 11. The van der Waals surface area contributed by atoms with Crippen LogP contribution < -0.4 is 85.5 Å². The number of nitrogens with one attached hydrogen (secondary N) is 15. The molecule has 0 aliphatic heterocycles. The largest absolute Gasteiger partial charge is 0.480 e. The van der Waals surface area contributed by atoms with Gasteiger partial charge in [0.2, 0.25) is 65.0 Å². The van der Waals surface area contributed by atoms with E-state index in [1.807, 2.05) is 0 Å². The van der Waals surface area contributed by atoms with Gasteiger partial charge in [0.25, 0.3) is 0 Å². The molecule has 42 nitrogen and oxygen atoms in total. The number of likely N-dealkylation sites (N-methyl/N-ethyl adjacent to an activating group) is 4. The number of nitrogens with two attached hydrogens (primary N) is 1. The lowest BCUT2D eigenvalue weighted by Gasteiger charge is -2.14. The second kappa shape index (κ2) is 78.5. The average Bonchev–Trinajstić information content (AvgIpc) is 0.878. The number of carboxylic acid groups (broad SMARTS) is 1. The lowest BCUT2D eigenvalue weighted by atomic mass is 9.81. The van der Waals surface area contributed by atoms with Crippen molar-refractivity contribution in [2.24, 2.45) is 5.73 Å². The second-order valence-electron chi connectivity index (χ2n) is 19.7. The summed E-state index contributed by atoms with van der Waals surface area (Å²) in [5.74, 6) is -9.30. The Bertz CT molecular complexity index is 3060. The van der Waals surface area contributed by atoms with Crippen LogP contribution in [0.4, 0.5) is 20.5 Å². The number of anilines is 2. The van der Waals surface area contributed by atoms with Gasteiger partial charge in [0.1, 0.15) is 38.3 Å². The highest BCUT2D eigenvalue weighted by Crippen LogP contribution is 2.14. The molecule has 0 heterocycles. The third-order valence-corrected chi connectivity index (χ3v) is 11.7. The summed E-state index contributed by atoms with van der Waals surface area (Å²) in [6, 6.07) is 12.3. The van der Waals surface area contributed by atoms with Crippen LogP contribution in [0.2, 0.25) is 0 Å². The van der Waals surface area contributed by atoms with Gasteiger partial charge in [0.05, 0.1) is 95.0 Å².